The van der Waals surface area contributed by atoms with E-state index in [0.717, 1.165) is 83.0 Å². The summed E-state index contributed by atoms with van der Waals surface area (Å²) in [6.45, 7) is 28.8. The first-order chi connectivity index (χ1) is 55.2. The van der Waals surface area contributed by atoms with Crippen LogP contribution in [-0.4, -0.2) is 122 Å². The lowest BCUT2D eigenvalue weighted by Gasteiger charge is -2.07. The lowest BCUT2D eigenvalue weighted by molar-refractivity contribution is -0.385. The van der Waals surface area contributed by atoms with Crippen LogP contribution in [0.3, 0.4) is 0 Å². The van der Waals surface area contributed by atoms with Crippen molar-refractivity contribution >= 4 is 113 Å². The number of nitrogen functional groups attached to an aromatic ring is 1. The summed E-state index contributed by atoms with van der Waals surface area (Å²) < 4.78 is 18.2. The minimum absolute atomic E-state index is 0.00870. The molecule has 0 unspecified atom stereocenters. The van der Waals surface area contributed by atoms with E-state index < -0.39 is 16.9 Å². The van der Waals surface area contributed by atoms with Gasteiger partial charge in [-0.15, -0.1) is 0 Å². The molecule has 0 saturated heterocycles. The van der Waals surface area contributed by atoms with E-state index >= 15 is 0 Å². The first-order valence-corrected chi connectivity index (χ1v) is 36.4. The highest BCUT2D eigenvalue weighted by molar-refractivity contribution is 6.34. The Morgan fingerprint density at radius 2 is 0.650 bits per heavy atom. The molecule has 0 aliphatic carbocycles. The first-order valence-electron chi connectivity index (χ1n) is 35.6. The Hall–Kier alpha value is -13.9. The topological polar surface area (TPSA) is 424 Å². The van der Waals surface area contributed by atoms with Crippen LogP contribution in [0.4, 0.5) is 11.4 Å². The van der Waals surface area contributed by atoms with Gasteiger partial charge in [-0.2, -0.15) is 0 Å². The van der Waals surface area contributed by atoms with Crippen molar-refractivity contribution in [3.05, 3.63) is 310 Å². The van der Waals surface area contributed by atoms with Gasteiger partial charge < -0.3 is 55.0 Å². The van der Waals surface area contributed by atoms with Crippen molar-refractivity contribution in [2.75, 3.05) is 34.2 Å². The predicted molar refractivity (Wildman–Crippen MR) is 454 cm³/mol. The number of nitrogens with zero attached hydrogens (tertiary/aromatic N) is 8. The van der Waals surface area contributed by atoms with Crippen molar-refractivity contribution in [2.24, 2.45) is 0 Å². The minimum Gasteiger partial charge on any atom is -0.508 e. The Bertz CT molecular complexity index is 5850. The molecule has 0 aliphatic heterocycles. The van der Waals surface area contributed by atoms with Gasteiger partial charge in [0.2, 0.25) is 0 Å². The minimum atomic E-state index is -0.690. The molecule has 117 heavy (non-hydrogen) atoms. The number of rotatable bonds is 5. The van der Waals surface area contributed by atoms with Crippen LogP contribution in [0, 0.1) is 114 Å². The van der Waals surface area contributed by atoms with Crippen LogP contribution in [0.5, 0.6) is 17.2 Å². The molecular formula is C87H90Cl2N12O16. The molecule has 0 amide bonds. The number of nitro groups is 1. The van der Waals surface area contributed by atoms with Gasteiger partial charge in [-0.25, -0.2) is 54.1 Å². The number of carbonyl (C=O) groups is 4. The summed E-state index contributed by atoms with van der Waals surface area (Å²) in [6.07, 6.45) is 7.04. The van der Waals surface area contributed by atoms with E-state index in [4.69, 9.17) is 34.0 Å². The van der Waals surface area contributed by atoms with E-state index in [2.05, 4.69) is 82.6 Å². The number of hydrogen-bond donors (Lipinski definition) is 7. The predicted octanol–water partition coefficient (Wildman–Crippen LogP) is 16.5. The van der Waals surface area contributed by atoms with Crippen LogP contribution in [0.15, 0.2) is 167 Å². The van der Waals surface area contributed by atoms with Crippen LogP contribution in [-0.2, 0) is 18.9 Å². The van der Waals surface area contributed by atoms with Gasteiger partial charge in [0.15, 0.2) is 0 Å². The number of aromatic hydroxyl groups is 3. The summed E-state index contributed by atoms with van der Waals surface area (Å²) in [7, 11) is 5.25. The zero-order valence-corrected chi connectivity index (χ0v) is 69.5. The molecular weight excluding hydrogens is 1540 g/mol. The molecule has 5 aromatic heterocycles. The van der Waals surface area contributed by atoms with Crippen molar-refractivity contribution in [3.63, 3.8) is 0 Å². The summed E-state index contributed by atoms with van der Waals surface area (Å²) >= 11 is 11.8. The number of hydrogen-bond acceptors (Lipinski definition) is 24. The number of phenols is 3. The summed E-state index contributed by atoms with van der Waals surface area (Å²) in [5.41, 5.74) is 25.7. The van der Waals surface area contributed by atoms with Crippen LogP contribution in [0.1, 0.15) is 125 Å². The number of benzene rings is 9. The zero-order chi connectivity index (χ0) is 87.0. The third kappa shape index (κ3) is 25.1. The first kappa shape index (κ1) is 92.0. The van der Waals surface area contributed by atoms with Gasteiger partial charge in [0.05, 0.1) is 113 Å². The maximum absolute atomic E-state index is 11.3. The molecule has 0 spiro atoms. The Kier molecular flexibility index (Phi) is 33.3. The zero-order valence-electron chi connectivity index (χ0n) is 68.0. The molecule has 0 saturated carbocycles. The fourth-order valence-corrected chi connectivity index (χ4v) is 10.9. The average molecular weight is 1630 g/mol. The number of halogens is 2. The molecule has 0 aliphatic rings. The van der Waals surface area contributed by atoms with Crippen LogP contribution >= 0.6 is 23.2 Å². The average Bonchev–Trinajstić information content (AvgIpc) is 0.789. The van der Waals surface area contributed by atoms with Crippen molar-refractivity contribution in [1.82, 2.24) is 49.8 Å². The number of nitrogens with two attached hydrogens (primary N) is 1. The number of fused-ring (bicyclic) bond motifs is 5. The van der Waals surface area contributed by atoms with E-state index in [-0.39, 0.29) is 57.1 Å². The largest absolute Gasteiger partial charge is 0.508 e. The van der Waals surface area contributed by atoms with Gasteiger partial charge in [-0.1, -0.05) is 29.3 Å². The molecule has 0 fully saturated rings. The molecule has 30 heteroatoms. The molecule has 0 radical (unpaired) electrons. The van der Waals surface area contributed by atoms with Crippen LogP contribution < -0.4 is 22.4 Å². The highest BCUT2D eigenvalue weighted by Crippen LogP contribution is 2.29. The Labute approximate surface area is 683 Å². The molecule has 8 N–H and O–H groups in total. The van der Waals surface area contributed by atoms with Crippen molar-refractivity contribution < 1.29 is 58.4 Å². The number of aromatic nitrogens is 10. The molecule has 14 rings (SSSR count). The standard InChI is InChI=1S/C10H9ClN2.2C10H10N2O.C10H11NO4.C10H13NO2.C10H12O2.C9H7ClN2O.C9H8N2O2.C9H10O3/c1-6-3-8-9(4-7(6)2)12-5-13-10(8)11;2*1-6-3-8-9(4-7(6)2)11-5-12-10(8)13;1-6-4-8(10(12)15-3)9(11(13)14)5-7(6)2;1-6-4-8(10(12)13-3)9(11)5-7(6)2;1-7-4-5-9(6-8(7)2)10(11)12-3;1-5-2-6-7(3-8(5)13)11-4-12-9(6)10;1-5-2-6-7(3-8(5)12)10-4-11-9(6)13;1-6-5-7(9(11)12-2)3-4-8(6)10/h3-5H,1-2H3;2*3-5H,1-2H3,(H,11,12,13);4-5H,1-3H3;4-5H,11H2,1-3H3;4-6H,1-3H3;2-4,13H,1H3;2-4,12H,1H3,(H,10,11,13);3-5,10H,1-2H3. The molecule has 608 valence electrons. The van der Waals surface area contributed by atoms with E-state index in [1.807, 2.05) is 104 Å². The number of nitrogens with one attached hydrogen (secondary N) is 3. The van der Waals surface area contributed by atoms with Gasteiger partial charge in [-0.05, 0) is 284 Å². The van der Waals surface area contributed by atoms with Crippen molar-refractivity contribution in [1.29, 1.82) is 0 Å². The summed E-state index contributed by atoms with van der Waals surface area (Å²) in [6, 6.07) is 34.6. The summed E-state index contributed by atoms with van der Waals surface area (Å²) in [5, 5.41) is 43.0. The third-order valence-corrected chi connectivity index (χ3v) is 19.0. The van der Waals surface area contributed by atoms with Gasteiger partial charge in [-0.3, -0.25) is 24.5 Å². The fraction of sp³-hybridized carbons (Fsp3) is 0.218. The number of anilines is 1. The number of carbonyl (C=O) groups excluding carboxylic acids is 4. The van der Waals surface area contributed by atoms with E-state index in [1.165, 1.54) is 107 Å². The molecule has 9 aromatic carbocycles. The van der Waals surface area contributed by atoms with Crippen LogP contribution in [0.25, 0.3) is 54.5 Å². The number of esters is 4. The Morgan fingerprint density at radius 3 is 1.05 bits per heavy atom. The van der Waals surface area contributed by atoms with Crippen molar-refractivity contribution in [3.8, 4) is 17.2 Å². The van der Waals surface area contributed by atoms with Crippen molar-refractivity contribution in [2.45, 2.75) is 104 Å². The lowest BCUT2D eigenvalue weighted by atomic mass is 10.0. The highest BCUT2D eigenvalue weighted by Gasteiger charge is 2.22. The highest BCUT2D eigenvalue weighted by atomic mass is 35.5. The van der Waals surface area contributed by atoms with Gasteiger partial charge in [0.1, 0.15) is 45.8 Å². The summed E-state index contributed by atoms with van der Waals surface area (Å²) in [4.78, 5) is 124. The second-order valence-electron chi connectivity index (χ2n) is 26.7. The molecule has 0 bridgehead atoms. The Morgan fingerprint density at radius 1 is 0.350 bits per heavy atom. The van der Waals surface area contributed by atoms with Crippen LogP contribution in [0.2, 0.25) is 10.3 Å². The third-order valence-electron chi connectivity index (χ3n) is 18.4. The second-order valence-corrected chi connectivity index (χ2v) is 27.4. The molecule has 28 nitrogen and oxygen atoms in total. The van der Waals surface area contributed by atoms with Gasteiger partial charge >= 0.3 is 23.9 Å². The Balaban J connectivity index is 0.000000205. The normalized spacial score (nSPS) is 10.2. The molecule has 0 atom stereocenters. The smallest absolute Gasteiger partial charge is 0.344 e. The number of nitro benzene ring substituents is 1. The summed E-state index contributed by atoms with van der Waals surface area (Å²) in [5.74, 6) is -1.18. The number of aromatic amines is 3. The number of aryl methyl sites for hydroxylation is 15. The van der Waals surface area contributed by atoms with Gasteiger partial charge in [0, 0.05) is 34.7 Å². The second kappa shape index (κ2) is 42.3. The van der Waals surface area contributed by atoms with E-state index in [1.54, 1.807) is 77.1 Å². The SMILES string of the molecule is COC(=O)c1cc(C)c(C)cc1N.COC(=O)c1cc(C)c(C)cc1[N+](=O)[O-].COC(=O)c1ccc(C)c(C)c1.COC(=O)c1ccc(O)c(C)c1.Cc1cc2c(=O)[nH]cnc2cc1O.Cc1cc2c(Cl)ncnc2cc1O.Cc1cc2nc[nH]c(=O)c2cc1C.Cc1cc2nc[nH]c(=O)c2cc1C.Cc1cc2ncnc(Cl)c2cc1C. The van der Waals surface area contributed by atoms with E-state index in [0.29, 0.717) is 71.0 Å². The van der Waals surface area contributed by atoms with E-state index in [9.17, 15) is 53.9 Å². The maximum Gasteiger partial charge on any atom is 0.344 e. The number of phenolic OH excluding ortho intramolecular Hbond substituents is 3. The maximum atomic E-state index is 11.3. The monoisotopic (exact) mass is 1630 g/mol. The number of ether oxygens (including phenoxy) is 4. The number of methoxy groups -OCH3 is 4. The lowest BCUT2D eigenvalue weighted by Crippen LogP contribution is -2.06. The fourth-order valence-electron chi connectivity index (χ4n) is 10.6. The quantitative estimate of drug-likeness (QED) is 0.0210. The molecule has 14 aromatic rings. The molecule has 5 heterocycles. The number of H-pyrrole nitrogens is 3. The van der Waals surface area contributed by atoms with Gasteiger partial charge in [0.25, 0.3) is 22.4 Å².